The van der Waals surface area contributed by atoms with Gasteiger partial charge in [-0.2, -0.15) is 14.0 Å². The van der Waals surface area contributed by atoms with Crippen LogP contribution in [0.5, 0.6) is 0 Å². The Balaban J connectivity index is 1.49. The number of carbonyl (C=O) groups excluding carboxylic acids is 1. The first kappa shape index (κ1) is 23.3. The number of hydrogen-bond donors (Lipinski definition) is 2. The number of aryl methyl sites for hydroxylation is 1. The van der Waals surface area contributed by atoms with Crippen LogP contribution in [-0.2, 0) is 17.1 Å². The van der Waals surface area contributed by atoms with Crippen molar-refractivity contribution in [3.8, 4) is 0 Å². The first-order valence-corrected chi connectivity index (χ1v) is 11.5. The number of halogens is 2. The zero-order chi connectivity index (χ0) is 22.1. The fourth-order valence-electron chi connectivity index (χ4n) is 3.47. The lowest BCUT2D eigenvalue weighted by Gasteiger charge is -2.34. The molecule has 0 unspecified atom stereocenters. The van der Waals surface area contributed by atoms with Gasteiger partial charge in [-0.05, 0) is 12.8 Å². The van der Waals surface area contributed by atoms with Crippen LogP contribution in [0.3, 0.4) is 0 Å². The summed E-state index contributed by atoms with van der Waals surface area (Å²) in [6.45, 7) is 0.571. The molecule has 1 aliphatic heterocycles. The minimum absolute atomic E-state index is 0.00186. The van der Waals surface area contributed by atoms with Crippen LogP contribution in [0.4, 0.5) is 8.78 Å². The van der Waals surface area contributed by atoms with E-state index in [-0.39, 0.29) is 17.5 Å². The van der Waals surface area contributed by atoms with Crippen molar-refractivity contribution in [2.24, 2.45) is 0 Å². The maximum absolute atomic E-state index is 14.5. The van der Waals surface area contributed by atoms with Gasteiger partial charge >= 0.3 is 5.92 Å². The molecule has 7 nitrogen and oxygen atoms in total. The summed E-state index contributed by atoms with van der Waals surface area (Å²) in [5.41, 5.74) is -0.237. The Bertz CT molecular complexity index is 836. The second-order valence-corrected chi connectivity index (χ2v) is 8.51. The molecule has 168 valence electrons. The van der Waals surface area contributed by atoms with Crippen LogP contribution in [0.25, 0.3) is 0 Å². The number of H-pyrrole nitrogens is 1. The third kappa shape index (κ3) is 6.57. The number of nitrogens with one attached hydrogen (secondary N) is 1. The van der Waals surface area contributed by atoms with Crippen LogP contribution in [0, 0.1) is 0 Å². The van der Waals surface area contributed by atoms with Crippen LogP contribution >= 0.6 is 11.8 Å². The molecule has 0 bridgehead atoms. The van der Waals surface area contributed by atoms with Crippen LogP contribution in [-0.4, -0.2) is 66.7 Å². The Hall–Kier alpha value is -2.33. The van der Waals surface area contributed by atoms with Gasteiger partial charge in [-0.3, -0.25) is 4.79 Å². The predicted octanol–water partition coefficient (Wildman–Crippen LogP) is 2.96. The number of hydrogen-bond acceptors (Lipinski definition) is 6. The number of benzene rings is 1. The fraction of sp³-hybridized carbons (Fsp3) is 0.524. The average molecular weight is 452 g/mol. The van der Waals surface area contributed by atoms with Gasteiger partial charge < -0.3 is 10.0 Å². The van der Waals surface area contributed by atoms with Gasteiger partial charge in [0.05, 0.1) is 11.8 Å². The SMILES string of the molecule is O=C1CSC[C@H](/C=C/[C@H](O)C(F)(F)c2ccccc2)N1CCCCCCc1nn[nH]n1. The number of tetrazole rings is 1. The molecular formula is C21H27F2N5O2S. The van der Waals surface area contributed by atoms with Crippen LogP contribution in [0.1, 0.15) is 37.1 Å². The summed E-state index contributed by atoms with van der Waals surface area (Å²) in [5.74, 6) is -1.68. The summed E-state index contributed by atoms with van der Waals surface area (Å²) in [5, 5.41) is 23.9. The summed E-state index contributed by atoms with van der Waals surface area (Å²) in [7, 11) is 0. The topological polar surface area (TPSA) is 95.0 Å². The summed E-state index contributed by atoms with van der Waals surface area (Å²) in [6.07, 6.45) is 5.16. The van der Waals surface area contributed by atoms with Crippen molar-refractivity contribution in [3.05, 3.63) is 53.9 Å². The van der Waals surface area contributed by atoms with Crippen molar-refractivity contribution >= 4 is 17.7 Å². The molecule has 1 aromatic heterocycles. The number of nitrogens with zero attached hydrogens (tertiary/aromatic N) is 4. The first-order chi connectivity index (χ1) is 15.0. The molecule has 1 fully saturated rings. The van der Waals surface area contributed by atoms with E-state index in [0.717, 1.165) is 38.2 Å². The van der Waals surface area contributed by atoms with Gasteiger partial charge in [0.2, 0.25) is 5.91 Å². The summed E-state index contributed by atoms with van der Waals surface area (Å²) >= 11 is 1.48. The molecule has 3 rings (SSSR count). The van der Waals surface area contributed by atoms with Crippen molar-refractivity contribution in [3.63, 3.8) is 0 Å². The molecule has 2 heterocycles. The number of unbranched alkanes of at least 4 members (excludes halogenated alkanes) is 3. The molecule has 10 heteroatoms. The van der Waals surface area contributed by atoms with Gasteiger partial charge in [0.25, 0.3) is 0 Å². The van der Waals surface area contributed by atoms with E-state index < -0.39 is 12.0 Å². The van der Waals surface area contributed by atoms with Crippen LogP contribution in [0.2, 0.25) is 0 Å². The Labute approximate surface area is 184 Å². The van der Waals surface area contributed by atoms with Gasteiger partial charge in [0.15, 0.2) is 5.82 Å². The van der Waals surface area contributed by atoms with E-state index in [4.69, 9.17) is 0 Å². The smallest absolute Gasteiger partial charge is 0.302 e. The Morgan fingerprint density at radius 3 is 2.77 bits per heavy atom. The van der Waals surface area contributed by atoms with E-state index in [1.54, 1.807) is 17.0 Å². The van der Waals surface area contributed by atoms with E-state index in [1.165, 1.54) is 36.0 Å². The summed E-state index contributed by atoms with van der Waals surface area (Å²) < 4.78 is 29.0. The van der Waals surface area contributed by atoms with E-state index in [1.807, 2.05) is 0 Å². The lowest BCUT2D eigenvalue weighted by molar-refractivity contribution is -0.129. The highest BCUT2D eigenvalue weighted by molar-refractivity contribution is 8.00. The largest absolute Gasteiger partial charge is 0.382 e. The van der Waals surface area contributed by atoms with Crippen molar-refractivity contribution < 1.29 is 18.7 Å². The number of aliphatic hydroxyl groups is 1. The number of aromatic nitrogens is 4. The molecular weight excluding hydrogens is 424 g/mol. The molecule has 1 amide bonds. The van der Waals surface area contributed by atoms with Crippen molar-refractivity contribution in [1.82, 2.24) is 25.5 Å². The number of alkyl halides is 2. The van der Waals surface area contributed by atoms with Gasteiger partial charge in [0, 0.05) is 24.3 Å². The molecule has 0 aliphatic carbocycles. The maximum atomic E-state index is 14.5. The molecule has 2 atom stereocenters. The van der Waals surface area contributed by atoms with Crippen molar-refractivity contribution in [2.45, 2.75) is 50.2 Å². The lowest BCUT2D eigenvalue weighted by Crippen LogP contribution is -2.46. The number of carbonyl (C=O) groups is 1. The van der Waals surface area contributed by atoms with Gasteiger partial charge in [-0.1, -0.05) is 60.5 Å². The molecule has 0 saturated carbocycles. The van der Waals surface area contributed by atoms with Gasteiger partial charge in [-0.25, -0.2) is 0 Å². The highest BCUT2D eigenvalue weighted by atomic mass is 32.2. The number of amides is 1. The lowest BCUT2D eigenvalue weighted by atomic mass is 10.0. The Morgan fingerprint density at radius 2 is 2.03 bits per heavy atom. The maximum Gasteiger partial charge on any atom is 0.302 e. The Morgan fingerprint density at radius 1 is 1.26 bits per heavy atom. The van der Waals surface area contributed by atoms with Crippen LogP contribution < -0.4 is 0 Å². The van der Waals surface area contributed by atoms with E-state index in [0.29, 0.717) is 23.9 Å². The molecule has 1 aromatic carbocycles. The van der Waals surface area contributed by atoms with E-state index in [2.05, 4.69) is 20.6 Å². The van der Waals surface area contributed by atoms with Gasteiger partial charge in [0.1, 0.15) is 6.10 Å². The van der Waals surface area contributed by atoms with Crippen LogP contribution in [0.15, 0.2) is 42.5 Å². The highest BCUT2D eigenvalue weighted by Crippen LogP contribution is 2.32. The van der Waals surface area contributed by atoms with E-state index in [9.17, 15) is 18.7 Å². The number of rotatable bonds is 11. The van der Waals surface area contributed by atoms with Gasteiger partial charge in [-0.15, -0.1) is 22.0 Å². The fourth-order valence-corrected chi connectivity index (χ4v) is 4.46. The third-order valence-electron chi connectivity index (χ3n) is 5.22. The molecule has 2 aromatic rings. The monoisotopic (exact) mass is 451 g/mol. The number of aromatic amines is 1. The Kier molecular flexibility index (Phi) is 8.53. The van der Waals surface area contributed by atoms with Crippen molar-refractivity contribution in [2.75, 3.05) is 18.1 Å². The minimum Gasteiger partial charge on any atom is -0.382 e. The molecule has 0 spiro atoms. The highest BCUT2D eigenvalue weighted by Gasteiger charge is 2.39. The third-order valence-corrected chi connectivity index (χ3v) is 6.25. The number of thioether (sulfide) groups is 1. The second kappa shape index (κ2) is 11.3. The molecule has 1 aliphatic rings. The van der Waals surface area contributed by atoms with E-state index >= 15 is 0 Å². The number of aliphatic hydroxyl groups excluding tert-OH is 1. The standard InChI is InChI=1S/C21H27F2N5O2S/c22-21(23,16-8-4-3-5-9-16)18(29)12-11-17-14-31-15-20(30)28(17)13-7-2-1-6-10-19-24-26-27-25-19/h3-5,8-9,11-12,17-18,29H,1-2,6-7,10,13-15H2,(H,24,25,26,27)/b12-11+/t17-,18-/m0/s1. The second-order valence-electron chi connectivity index (χ2n) is 7.48. The zero-order valence-electron chi connectivity index (χ0n) is 17.2. The summed E-state index contributed by atoms with van der Waals surface area (Å²) in [6, 6.07) is 6.96. The zero-order valence-corrected chi connectivity index (χ0v) is 18.0. The minimum atomic E-state index is -3.40. The molecule has 0 radical (unpaired) electrons. The first-order valence-electron chi connectivity index (χ1n) is 10.4. The molecule has 2 N–H and O–H groups in total. The molecule has 31 heavy (non-hydrogen) atoms. The van der Waals surface area contributed by atoms with Crippen molar-refractivity contribution in [1.29, 1.82) is 0 Å². The molecule has 1 saturated heterocycles. The average Bonchev–Trinajstić information content (AvgIpc) is 3.29. The normalized spacial score (nSPS) is 18.6. The predicted molar refractivity (Wildman–Crippen MR) is 115 cm³/mol. The summed E-state index contributed by atoms with van der Waals surface area (Å²) in [4.78, 5) is 14.1. The quantitative estimate of drug-likeness (QED) is 0.403.